The molecule has 3 heterocycles. The van der Waals surface area contributed by atoms with Crippen LogP contribution >= 0.6 is 0 Å². The Balaban J connectivity index is 1.19. The number of nitrogens with zero attached hydrogens (tertiary/aromatic N) is 3. The van der Waals surface area contributed by atoms with E-state index in [9.17, 15) is 9.59 Å². The van der Waals surface area contributed by atoms with Gasteiger partial charge in [-0.1, -0.05) is 6.07 Å². The van der Waals surface area contributed by atoms with E-state index in [1.54, 1.807) is 15.9 Å². The number of carbonyl (C=O) groups excluding carboxylic acids is 2. The van der Waals surface area contributed by atoms with Crippen LogP contribution in [0.2, 0.25) is 0 Å². The first-order valence-electron chi connectivity index (χ1n) is 14.4. The summed E-state index contributed by atoms with van der Waals surface area (Å²) >= 11 is 0. The highest BCUT2D eigenvalue weighted by Crippen LogP contribution is 2.44. The predicted octanol–water partition coefficient (Wildman–Crippen LogP) is 6.09. The number of piperidine rings is 1. The molecule has 6 nitrogen and oxygen atoms in total. The summed E-state index contributed by atoms with van der Waals surface area (Å²) in [4.78, 5) is 32.0. The van der Waals surface area contributed by atoms with Gasteiger partial charge in [-0.2, -0.15) is 0 Å². The number of hydrogen-bond donors (Lipinski definition) is 0. The van der Waals surface area contributed by atoms with Crippen molar-refractivity contribution >= 4 is 17.7 Å². The highest BCUT2D eigenvalue weighted by Gasteiger charge is 2.49. The first-order chi connectivity index (χ1) is 17.6. The number of hydrogen-bond acceptors (Lipinski definition) is 4. The van der Waals surface area contributed by atoms with Crippen LogP contribution in [0, 0.1) is 11.2 Å². The zero-order valence-electron chi connectivity index (χ0n) is 23.1. The summed E-state index contributed by atoms with van der Waals surface area (Å²) in [5.74, 6) is 0.114. The van der Waals surface area contributed by atoms with Gasteiger partial charge in [0.25, 0.3) is 0 Å². The van der Waals surface area contributed by atoms with Crippen molar-refractivity contribution in [2.45, 2.75) is 109 Å². The third-order valence-corrected chi connectivity index (χ3v) is 9.39. The van der Waals surface area contributed by atoms with E-state index in [-0.39, 0.29) is 17.8 Å². The van der Waals surface area contributed by atoms with Crippen LogP contribution in [0.5, 0.6) is 0 Å². The largest absolute Gasteiger partial charge is 0.444 e. The number of rotatable bonds is 3. The minimum Gasteiger partial charge on any atom is -0.444 e. The van der Waals surface area contributed by atoms with Gasteiger partial charge in [-0.25, -0.2) is 9.18 Å². The van der Waals surface area contributed by atoms with Crippen molar-refractivity contribution in [3.8, 4) is 0 Å². The lowest BCUT2D eigenvalue weighted by atomic mass is 9.77. The highest BCUT2D eigenvalue weighted by atomic mass is 19.1. The Kier molecular flexibility index (Phi) is 7.29. The predicted molar refractivity (Wildman–Crippen MR) is 143 cm³/mol. The van der Waals surface area contributed by atoms with E-state index in [1.165, 1.54) is 32.2 Å². The molecule has 1 aliphatic carbocycles. The van der Waals surface area contributed by atoms with Gasteiger partial charge in [-0.3, -0.25) is 9.69 Å². The first-order valence-corrected chi connectivity index (χ1v) is 14.4. The van der Waals surface area contributed by atoms with Gasteiger partial charge in [-0.05, 0) is 116 Å². The lowest BCUT2D eigenvalue weighted by Crippen LogP contribution is -2.48. The molecule has 0 N–H and O–H groups in total. The maximum Gasteiger partial charge on any atom is 0.410 e. The molecular formula is C30H44FN3O3. The van der Waals surface area contributed by atoms with E-state index in [0.29, 0.717) is 62.6 Å². The second-order valence-corrected chi connectivity index (χ2v) is 12.9. The van der Waals surface area contributed by atoms with Crippen molar-refractivity contribution in [3.63, 3.8) is 0 Å². The number of amides is 2. The fourth-order valence-corrected chi connectivity index (χ4v) is 7.19. The molecule has 3 saturated heterocycles. The van der Waals surface area contributed by atoms with Crippen LogP contribution in [0.1, 0.15) is 97.0 Å². The first kappa shape index (κ1) is 26.5. The monoisotopic (exact) mass is 513 g/mol. The molecule has 37 heavy (non-hydrogen) atoms. The average Bonchev–Trinajstić information content (AvgIpc) is 3.42. The van der Waals surface area contributed by atoms with Crippen LogP contribution in [-0.2, 0) is 9.53 Å². The Morgan fingerprint density at radius 3 is 2.27 bits per heavy atom. The van der Waals surface area contributed by atoms with Crippen molar-refractivity contribution in [1.82, 2.24) is 9.80 Å². The zero-order valence-corrected chi connectivity index (χ0v) is 23.1. The quantitative estimate of drug-likeness (QED) is 0.491. The number of halogens is 1. The molecule has 3 aliphatic heterocycles. The Morgan fingerprint density at radius 2 is 1.68 bits per heavy atom. The minimum atomic E-state index is -0.540. The van der Waals surface area contributed by atoms with Crippen LogP contribution in [0.15, 0.2) is 18.2 Å². The average molecular weight is 514 g/mol. The summed E-state index contributed by atoms with van der Waals surface area (Å²) in [6.07, 6.45) is 8.78. The normalized spacial score (nSPS) is 28.8. The van der Waals surface area contributed by atoms with Gasteiger partial charge in [-0.15, -0.1) is 0 Å². The van der Waals surface area contributed by atoms with Gasteiger partial charge in [0.05, 0.1) is 11.1 Å². The molecule has 0 aromatic heterocycles. The van der Waals surface area contributed by atoms with Crippen molar-refractivity contribution < 1.29 is 18.7 Å². The number of carbonyl (C=O) groups is 2. The van der Waals surface area contributed by atoms with Crippen molar-refractivity contribution in [2.75, 3.05) is 31.1 Å². The molecule has 204 valence electrons. The molecule has 0 unspecified atom stereocenters. The molecule has 1 saturated carbocycles. The second-order valence-electron chi connectivity index (χ2n) is 12.9. The van der Waals surface area contributed by atoms with E-state index in [2.05, 4.69) is 11.8 Å². The Hall–Kier alpha value is -2.15. The molecular weight excluding hydrogens is 469 g/mol. The fraction of sp³-hybridized carbons (Fsp3) is 0.733. The number of likely N-dealkylation sites (tertiary alicyclic amines) is 2. The fourth-order valence-electron chi connectivity index (χ4n) is 7.19. The zero-order chi connectivity index (χ0) is 26.4. The lowest BCUT2D eigenvalue weighted by Gasteiger charge is -2.38. The molecule has 1 spiro atoms. The van der Waals surface area contributed by atoms with Gasteiger partial charge < -0.3 is 14.5 Å². The molecule has 0 bridgehead atoms. The van der Waals surface area contributed by atoms with E-state index >= 15 is 4.39 Å². The summed E-state index contributed by atoms with van der Waals surface area (Å²) in [6.45, 7) is 10.7. The number of benzene rings is 1. The van der Waals surface area contributed by atoms with Crippen molar-refractivity contribution in [2.24, 2.45) is 5.41 Å². The lowest BCUT2D eigenvalue weighted by molar-refractivity contribution is -0.128. The van der Waals surface area contributed by atoms with Gasteiger partial charge >= 0.3 is 6.09 Å². The molecule has 4 fully saturated rings. The van der Waals surface area contributed by atoms with E-state index in [0.717, 1.165) is 18.4 Å². The van der Waals surface area contributed by atoms with E-state index in [4.69, 9.17) is 4.74 Å². The van der Waals surface area contributed by atoms with Crippen molar-refractivity contribution in [1.29, 1.82) is 0 Å². The minimum absolute atomic E-state index is 0.00299. The Labute approximate surface area is 221 Å². The van der Waals surface area contributed by atoms with Crippen molar-refractivity contribution in [3.05, 3.63) is 29.6 Å². The molecule has 1 atom stereocenters. The topological polar surface area (TPSA) is 53.1 Å². The molecule has 5 rings (SSSR count). The van der Waals surface area contributed by atoms with E-state index < -0.39 is 11.0 Å². The SMILES string of the molecule is C[C@H]1CCCN1C1CCC(c2ccc(N3CCC4(CCN(C(=O)OC(C)(C)C)CC4)C3=O)c(F)c2)CC1. The molecule has 4 aliphatic rings. The standard InChI is InChI=1S/C30H44FN3O3/c1-21-6-5-16-33(21)24-10-7-22(8-11-24)23-9-12-26(25(31)20-23)34-19-15-30(27(34)35)13-17-32(18-14-30)28(36)37-29(2,3)4/h9,12,20-22,24H,5-8,10-11,13-19H2,1-4H3/t21-,22?,24?/m0/s1. The third kappa shape index (κ3) is 5.39. The summed E-state index contributed by atoms with van der Waals surface area (Å²) in [5, 5.41) is 0. The molecule has 2 amide bonds. The Bertz CT molecular complexity index is 1010. The summed E-state index contributed by atoms with van der Waals surface area (Å²) in [5.41, 5.74) is 0.428. The summed E-state index contributed by atoms with van der Waals surface area (Å²) < 4.78 is 20.9. The van der Waals surface area contributed by atoms with Crippen LogP contribution in [0.3, 0.4) is 0 Å². The summed E-state index contributed by atoms with van der Waals surface area (Å²) in [7, 11) is 0. The van der Waals surface area contributed by atoms with Crippen LogP contribution in [0.25, 0.3) is 0 Å². The maximum absolute atomic E-state index is 15.4. The van der Waals surface area contributed by atoms with Gasteiger partial charge in [0.2, 0.25) is 5.91 Å². The molecule has 1 aromatic rings. The maximum atomic E-state index is 15.4. The molecule has 1 aromatic carbocycles. The van der Waals surface area contributed by atoms with Gasteiger partial charge in [0.15, 0.2) is 0 Å². The van der Waals surface area contributed by atoms with Crippen LogP contribution in [-0.4, -0.2) is 65.7 Å². The third-order valence-electron chi connectivity index (χ3n) is 9.39. The van der Waals surface area contributed by atoms with Crippen LogP contribution < -0.4 is 4.90 Å². The van der Waals surface area contributed by atoms with Crippen LogP contribution in [0.4, 0.5) is 14.9 Å². The van der Waals surface area contributed by atoms with Gasteiger partial charge in [0.1, 0.15) is 11.4 Å². The second kappa shape index (κ2) is 10.2. The number of ether oxygens (including phenoxy) is 1. The smallest absolute Gasteiger partial charge is 0.410 e. The molecule has 0 radical (unpaired) electrons. The molecule has 7 heteroatoms. The van der Waals surface area contributed by atoms with Gasteiger partial charge in [0, 0.05) is 31.7 Å². The number of anilines is 1. The summed E-state index contributed by atoms with van der Waals surface area (Å²) in [6, 6.07) is 6.93. The van der Waals surface area contributed by atoms with E-state index in [1.807, 2.05) is 32.9 Å². The highest BCUT2D eigenvalue weighted by molar-refractivity contribution is 6.00. The Morgan fingerprint density at radius 1 is 1.00 bits per heavy atom.